The number of rotatable bonds is 5. The number of nitro groups is 1. The fourth-order valence-electron chi connectivity index (χ4n) is 1.99. The van der Waals surface area contributed by atoms with E-state index in [0.717, 1.165) is 5.69 Å². The van der Waals surface area contributed by atoms with Crippen LogP contribution in [-0.4, -0.2) is 36.8 Å². The van der Waals surface area contributed by atoms with Crippen LogP contribution in [0.1, 0.15) is 12.6 Å². The summed E-state index contributed by atoms with van der Waals surface area (Å²) in [5.41, 5.74) is 1.50. The Labute approximate surface area is 120 Å². The van der Waals surface area contributed by atoms with E-state index in [-0.39, 0.29) is 18.4 Å². The molecule has 0 unspecified atom stereocenters. The zero-order valence-electron chi connectivity index (χ0n) is 11.9. The quantitative estimate of drug-likeness (QED) is 0.463. The lowest BCUT2D eigenvalue weighted by Gasteiger charge is -2.05. The normalized spacial score (nSPS) is 10.6. The lowest BCUT2D eigenvalue weighted by molar-refractivity contribution is -0.391. The summed E-state index contributed by atoms with van der Waals surface area (Å²) in [6, 6.07) is 0. The molecule has 2 aromatic rings. The minimum absolute atomic E-state index is 0.0861. The Hall–Kier alpha value is -2.71. The van der Waals surface area contributed by atoms with E-state index in [0.29, 0.717) is 17.9 Å². The standard InChI is InChI=1S/C12H15N5O4/c1-8-10(6-14-16(8)4-5-21-9(2)18)12-13-7-11(15(12)3)17(19)20/h6-7H,4-5H2,1-3H3. The molecule has 0 saturated heterocycles. The maximum atomic E-state index is 10.8. The van der Waals surface area contributed by atoms with Crippen molar-refractivity contribution in [3.63, 3.8) is 0 Å². The van der Waals surface area contributed by atoms with Crippen LogP contribution in [0, 0.1) is 17.0 Å². The van der Waals surface area contributed by atoms with Crippen LogP contribution < -0.4 is 0 Å². The Balaban J connectivity index is 2.24. The van der Waals surface area contributed by atoms with E-state index < -0.39 is 4.92 Å². The van der Waals surface area contributed by atoms with Crippen LogP contribution in [0.2, 0.25) is 0 Å². The van der Waals surface area contributed by atoms with Crippen LogP contribution in [0.3, 0.4) is 0 Å². The van der Waals surface area contributed by atoms with Crippen LogP contribution in [0.25, 0.3) is 11.4 Å². The van der Waals surface area contributed by atoms with E-state index in [2.05, 4.69) is 10.1 Å². The summed E-state index contributed by atoms with van der Waals surface area (Å²) in [5, 5.41) is 15.0. The van der Waals surface area contributed by atoms with E-state index >= 15 is 0 Å². The lowest BCUT2D eigenvalue weighted by Crippen LogP contribution is -2.11. The van der Waals surface area contributed by atoms with E-state index in [1.54, 1.807) is 17.9 Å². The zero-order valence-corrected chi connectivity index (χ0v) is 11.9. The third kappa shape index (κ3) is 2.91. The molecule has 0 aliphatic rings. The fraction of sp³-hybridized carbons (Fsp3) is 0.417. The highest BCUT2D eigenvalue weighted by Gasteiger charge is 2.21. The number of imidazole rings is 1. The summed E-state index contributed by atoms with van der Waals surface area (Å²) in [6.07, 6.45) is 2.81. The molecular weight excluding hydrogens is 278 g/mol. The van der Waals surface area contributed by atoms with Crippen molar-refractivity contribution in [2.24, 2.45) is 7.05 Å². The first-order valence-electron chi connectivity index (χ1n) is 6.24. The molecule has 9 nitrogen and oxygen atoms in total. The van der Waals surface area contributed by atoms with Crippen molar-refractivity contribution < 1.29 is 14.5 Å². The molecule has 112 valence electrons. The molecule has 0 aromatic carbocycles. The molecule has 21 heavy (non-hydrogen) atoms. The molecule has 0 bridgehead atoms. The van der Waals surface area contributed by atoms with Gasteiger partial charge in [-0.1, -0.05) is 0 Å². The van der Waals surface area contributed by atoms with Gasteiger partial charge in [0.2, 0.25) is 5.82 Å². The molecule has 0 atom stereocenters. The molecule has 0 aliphatic carbocycles. The highest BCUT2D eigenvalue weighted by Crippen LogP contribution is 2.24. The van der Waals surface area contributed by atoms with Gasteiger partial charge in [0.15, 0.2) is 0 Å². The Morgan fingerprint density at radius 3 is 2.76 bits per heavy atom. The van der Waals surface area contributed by atoms with Gasteiger partial charge in [0.1, 0.15) is 12.8 Å². The van der Waals surface area contributed by atoms with Gasteiger partial charge in [0.05, 0.1) is 25.4 Å². The fourth-order valence-corrected chi connectivity index (χ4v) is 1.99. The predicted octanol–water partition coefficient (Wildman–Crippen LogP) is 1.06. The second-order valence-electron chi connectivity index (χ2n) is 4.46. The summed E-state index contributed by atoms with van der Waals surface area (Å²) in [7, 11) is 1.58. The maximum Gasteiger partial charge on any atom is 0.342 e. The van der Waals surface area contributed by atoms with Crippen LogP contribution in [0.15, 0.2) is 12.4 Å². The van der Waals surface area contributed by atoms with Crippen molar-refractivity contribution in [1.82, 2.24) is 19.3 Å². The number of nitrogens with zero attached hydrogens (tertiary/aromatic N) is 5. The highest BCUT2D eigenvalue weighted by atomic mass is 16.6. The Kier molecular flexibility index (Phi) is 4.01. The molecule has 2 aromatic heterocycles. The summed E-state index contributed by atoms with van der Waals surface area (Å²) < 4.78 is 7.93. The molecule has 0 N–H and O–H groups in total. The monoisotopic (exact) mass is 293 g/mol. The van der Waals surface area contributed by atoms with Gasteiger partial charge in [-0.05, 0) is 11.8 Å². The van der Waals surface area contributed by atoms with Gasteiger partial charge in [0.25, 0.3) is 0 Å². The van der Waals surface area contributed by atoms with Gasteiger partial charge in [-0.15, -0.1) is 0 Å². The largest absolute Gasteiger partial charge is 0.464 e. The first-order valence-corrected chi connectivity index (χ1v) is 6.24. The third-order valence-corrected chi connectivity index (χ3v) is 3.10. The molecule has 0 saturated carbocycles. The molecular formula is C12H15N5O4. The predicted molar refractivity (Wildman–Crippen MR) is 72.5 cm³/mol. The van der Waals surface area contributed by atoms with Crippen LogP contribution in [-0.2, 0) is 23.1 Å². The van der Waals surface area contributed by atoms with E-state index in [4.69, 9.17) is 4.74 Å². The number of hydrogen-bond acceptors (Lipinski definition) is 6. The number of esters is 1. The average Bonchev–Trinajstić information content (AvgIpc) is 2.93. The second-order valence-corrected chi connectivity index (χ2v) is 4.46. The van der Waals surface area contributed by atoms with Crippen molar-refractivity contribution in [1.29, 1.82) is 0 Å². The van der Waals surface area contributed by atoms with Crippen LogP contribution in [0.5, 0.6) is 0 Å². The summed E-state index contributed by atoms with van der Waals surface area (Å²) >= 11 is 0. The minimum atomic E-state index is -0.489. The molecule has 0 fully saturated rings. The topological polar surface area (TPSA) is 105 Å². The molecule has 0 radical (unpaired) electrons. The Morgan fingerprint density at radius 1 is 1.48 bits per heavy atom. The SMILES string of the molecule is CC(=O)OCCn1ncc(-c2ncc([N+](=O)[O-])n2C)c1C. The molecule has 0 amide bonds. The van der Waals surface area contributed by atoms with Gasteiger partial charge in [-0.2, -0.15) is 5.10 Å². The molecule has 2 heterocycles. The number of hydrogen-bond donors (Lipinski definition) is 0. The Morgan fingerprint density at radius 2 is 2.19 bits per heavy atom. The van der Waals surface area contributed by atoms with Crippen LogP contribution >= 0.6 is 0 Å². The van der Waals surface area contributed by atoms with E-state index in [9.17, 15) is 14.9 Å². The van der Waals surface area contributed by atoms with Gasteiger partial charge in [-0.3, -0.25) is 9.48 Å². The summed E-state index contributed by atoms with van der Waals surface area (Å²) in [4.78, 5) is 25.1. The van der Waals surface area contributed by atoms with Crippen molar-refractivity contribution in [2.75, 3.05) is 6.61 Å². The lowest BCUT2D eigenvalue weighted by atomic mass is 10.2. The first kappa shape index (κ1) is 14.7. The molecule has 0 spiro atoms. The van der Waals surface area contributed by atoms with E-state index in [1.165, 1.54) is 17.7 Å². The van der Waals surface area contributed by atoms with Crippen LogP contribution in [0.4, 0.5) is 5.82 Å². The minimum Gasteiger partial charge on any atom is -0.464 e. The summed E-state index contributed by atoms with van der Waals surface area (Å²) in [5.74, 6) is 0.0368. The average molecular weight is 293 g/mol. The van der Waals surface area contributed by atoms with Gasteiger partial charge in [0, 0.05) is 12.6 Å². The van der Waals surface area contributed by atoms with Gasteiger partial charge < -0.3 is 14.9 Å². The third-order valence-electron chi connectivity index (χ3n) is 3.10. The smallest absolute Gasteiger partial charge is 0.342 e. The Bertz CT molecular complexity index is 688. The van der Waals surface area contributed by atoms with Crippen molar-refractivity contribution >= 4 is 11.8 Å². The van der Waals surface area contributed by atoms with Gasteiger partial charge in [-0.25, -0.2) is 9.55 Å². The molecule has 0 aliphatic heterocycles. The number of ether oxygens (including phenoxy) is 1. The van der Waals surface area contributed by atoms with Crippen molar-refractivity contribution in [3.8, 4) is 11.4 Å². The number of carbonyl (C=O) groups is 1. The zero-order chi connectivity index (χ0) is 15.6. The van der Waals surface area contributed by atoms with Crippen molar-refractivity contribution in [2.45, 2.75) is 20.4 Å². The number of aromatic nitrogens is 4. The van der Waals surface area contributed by atoms with E-state index in [1.807, 2.05) is 6.92 Å². The molecule has 2 rings (SSSR count). The summed E-state index contributed by atoms with van der Waals surface area (Å²) in [6.45, 7) is 3.81. The van der Waals surface area contributed by atoms with Gasteiger partial charge >= 0.3 is 11.8 Å². The second kappa shape index (κ2) is 5.73. The number of carbonyl (C=O) groups excluding carboxylic acids is 1. The molecule has 9 heteroatoms. The van der Waals surface area contributed by atoms with Crippen molar-refractivity contribution in [3.05, 3.63) is 28.2 Å². The first-order chi connectivity index (χ1) is 9.91. The maximum absolute atomic E-state index is 10.8. The highest BCUT2D eigenvalue weighted by molar-refractivity contribution is 5.65.